The number of hydrogen-bond acceptors (Lipinski definition) is 3. The molecule has 0 bridgehead atoms. The Kier molecular flexibility index (Phi) is 2.99. The highest BCUT2D eigenvalue weighted by Crippen LogP contribution is 2.41. The number of Topliss-reactive ketones (excluding diaryl/α,β-unsaturated/α-hetero) is 2. The smallest absolute Gasteiger partial charge is 0.293 e. The summed E-state index contributed by atoms with van der Waals surface area (Å²) in [6.45, 7) is 0. The van der Waals surface area contributed by atoms with Gasteiger partial charge in [0.25, 0.3) is 5.78 Å². The molecule has 2 nitrogen and oxygen atoms in total. The van der Waals surface area contributed by atoms with E-state index in [1.807, 2.05) is 0 Å². The van der Waals surface area contributed by atoms with Crippen molar-refractivity contribution in [3.8, 4) is 0 Å². The Bertz CT molecular complexity index is 482. The predicted octanol–water partition coefficient (Wildman–Crippen LogP) is 2.79. The number of thioether (sulfide) groups is 1. The standard InChI is InChI=1S/C11H7F3O2S/c12-11(13,14)10(16)9-7-4-2-1-3-6(7)8(15)5-17-9/h1-4,9H,5H2. The van der Waals surface area contributed by atoms with Gasteiger partial charge in [-0.2, -0.15) is 13.2 Å². The number of ketones is 2. The lowest BCUT2D eigenvalue weighted by atomic mass is 9.98. The number of halogens is 3. The summed E-state index contributed by atoms with van der Waals surface area (Å²) < 4.78 is 37.1. The molecule has 0 fully saturated rings. The summed E-state index contributed by atoms with van der Waals surface area (Å²) in [4.78, 5) is 22.7. The van der Waals surface area contributed by atoms with Crippen LogP contribution >= 0.6 is 11.8 Å². The Morgan fingerprint density at radius 1 is 1.29 bits per heavy atom. The second-order valence-electron chi connectivity index (χ2n) is 3.56. The molecule has 1 aliphatic heterocycles. The summed E-state index contributed by atoms with van der Waals surface area (Å²) in [5, 5.41) is -1.32. The van der Waals surface area contributed by atoms with Crippen molar-refractivity contribution in [2.75, 3.05) is 5.75 Å². The fraction of sp³-hybridized carbons (Fsp3) is 0.273. The lowest BCUT2D eigenvalue weighted by Gasteiger charge is -2.23. The van der Waals surface area contributed by atoms with E-state index in [1.54, 1.807) is 6.07 Å². The van der Waals surface area contributed by atoms with Gasteiger partial charge < -0.3 is 0 Å². The molecule has 2 rings (SSSR count). The molecular weight excluding hydrogens is 253 g/mol. The van der Waals surface area contributed by atoms with Crippen LogP contribution in [0.5, 0.6) is 0 Å². The highest BCUT2D eigenvalue weighted by Gasteiger charge is 2.46. The zero-order chi connectivity index (χ0) is 12.6. The molecule has 0 spiro atoms. The van der Waals surface area contributed by atoms with Gasteiger partial charge in [0.1, 0.15) is 0 Å². The molecule has 6 heteroatoms. The second kappa shape index (κ2) is 4.18. The number of hydrogen-bond donors (Lipinski definition) is 0. The van der Waals surface area contributed by atoms with E-state index >= 15 is 0 Å². The first-order valence-electron chi connectivity index (χ1n) is 4.76. The Morgan fingerprint density at radius 3 is 2.59 bits per heavy atom. The molecule has 1 unspecified atom stereocenters. The van der Waals surface area contributed by atoms with Crippen LogP contribution in [0.1, 0.15) is 21.2 Å². The van der Waals surface area contributed by atoms with Crippen LogP contribution in [0.4, 0.5) is 13.2 Å². The van der Waals surface area contributed by atoms with E-state index in [0.717, 1.165) is 11.8 Å². The van der Waals surface area contributed by atoms with Crippen molar-refractivity contribution in [3.63, 3.8) is 0 Å². The van der Waals surface area contributed by atoms with Gasteiger partial charge in [0.05, 0.1) is 11.0 Å². The molecule has 0 saturated heterocycles. The fourth-order valence-electron chi connectivity index (χ4n) is 1.67. The summed E-state index contributed by atoms with van der Waals surface area (Å²) in [6, 6.07) is 5.94. The van der Waals surface area contributed by atoms with E-state index in [0.29, 0.717) is 0 Å². The average molecular weight is 260 g/mol. The lowest BCUT2D eigenvalue weighted by molar-refractivity contribution is -0.170. The maximum Gasteiger partial charge on any atom is 0.451 e. The van der Waals surface area contributed by atoms with Gasteiger partial charge in [0, 0.05) is 5.56 Å². The minimum absolute atomic E-state index is 0.0938. The zero-order valence-electron chi connectivity index (χ0n) is 8.45. The Morgan fingerprint density at radius 2 is 1.94 bits per heavy atom. The van der Waals surface area contributed by atoms with Crippen molar-refractivity contribution in [1.29, 1.82) is 0 Å². The molecule has 0 amide bonds. The van der Waals surface area contributed by atoms with Gasteiger partial charge in [-0.1, -0.05) is 24.3 Å². The molecule has 0 saturated carbocycles. The maximum atomic E-state index is 12.4. The number of carbonyl (C=O) groups is 2. The van der Waals surface area contributed by atoms with Crippen LogP contribution in [0.15, 0.2) is 24.3 Å². The summed E-state index contributed by atoms with van der Waals surface area (Å²) in [5.41, 5.74) is 0.380. The van der Waals surface area contributed by atoms with Gasteiger partial charge in [0.2, 0.25) is 0 Å². The van der Waals surface area contributed by atoms with Crippen LogP contribution in [-0.4, -0.2) is 23.5 Å². The molecule has 17 heavy (non-hydrogen) atoms. The van der Waals surface area contributed by atoms with E-state index in [4.69, 9.17) is 0 Å². The molecular formula is C11H7F3O2S. The predicted molar refractivity (Wildman–Crippen MR) is 57.0 cm³/mol. The normalized spacial score (nSPS) is 19.9. The summed E-state index contributed by atoms with van der Waals surface area (Å²) >= 11 is 0.730. The maximum absolute atomic E-state index is 12.4. The first-order valence-corrected chi connectivity index (χ1v) is 5.81. The van der Waals surface area contributed by atoms with Gasteiger partial charge in [-0.25, -0.2) is 0 Å². The zero-order valence-corrected chi connectivity index (χ0v) is 9.27. The van der Waals surface area contributed by atoms with E-state index < -0.39 is 17.2 Å². The third-order valence-electron chi connectivity index (χ3n) is 2.44. The Hall–Kier alpha value is -1.30. The van der Waals surface area contributed by atoms with Gasteiger partial charge in [0.15, 0.2) is 5.78 Å². The molecule has 0 N–H and O–H groups in total. The topological polar surface area (TPSA) is 34.1 Å². The SMILES string of the molecule is O=C1CSC(C(=O)C(F)(F)F)c2ccccc21. The molecule has 1 aliphatic rings. The molecule has 0 radical (unpaired) electrons. The third-order valence-corrected chi connectivity index (χ3v) is 3.67. The minimum atomic E-state index is -4.87. The van der Waals surface area contributed by atoms with Crippen LogP contribution in [0.25, 0.3) is 0 Å². The van der Waals surface area contributed by atoms with Gasteiger partial charge in [-0.05, 0) is 5.56 Å². The van der Waals surface area contributed by atoms with Crippen molar-refractivity contribution in [1.82, 2.24) is 0 Å². The Balaban J connectivity index is 2.44. The van der Waals surface area contributed by atoms with Crippen molar-refractivity contribution in [2.24, 2.45) is 0 Å². The summed E-state index contributed by atoms with van der Waals surface area (Å²) in [5.74, 6) is -2.14. The number of benzene rings is 1. The number of rotatable bonds is 1. The van der Waals surface area contributed by atoms with Crippen molar-refractivity contribution >= 4 is 23.3 Å². The van der Waals surface area contributed by atoms with Crippen LogP contribution in [-0.2, 0) is 4.79 Å². The quantitative estimate of drug-likeness (QED) is 0.778. The second-order valence-corrected chi connectivity index (χ2v) is 4.66. The monoisotopic (exact) mass is 260 g/mol. The van der Waals surface area contributed by atoms with Crippen molar-refractivity contribution in [2.45, 2.75) is 11.4 Å². The number of carbonyl (C=O) groups excluding carboxylic acids is 2. The largest absolute Gasteiger partial charge is 0.451 e. The van der Waals surface area contributed by atoms with Crippen molar-refractivity contribution < 1.29 is 22.8 Å². The van der Waals surface area contributed by atoms with Gasteiger partial charge >= 0.3 is 6.18 Å². The highest BCUT2D eigenvalue weighted by atomic mass is 32.2. The molecule has 90 valence electrons. The van der Waals surface area contributed by atoms with Crippen LogP contribution in [0.2, 0.25) is 0 Å². The first kappa shape index (κ1) is 12.2. The van der Waals surface area contributed by atoms with E-state index in [2.05, 4.69) is 0 Å². The molecule has 1 heterocycles. The van der Waals surface area contributed by atoms with Crippen LogP contribution in [0, 0.1) is 0 Å². The molecule has 1 aromatic carbocycles. The summed E-state index contributed by atoms with van der Waals surface area (Å²) in [6.07, 6.45) is -4.87. The van der Waals surface area contributed by atoms with Crippen molar-refractivity contribution in [3.05, 3.63) is 35.4 Å². The van der Waals surface area contributed by atoms with E-state index in [-0.39, 0.29) is 22.7 Å². The lowest BCUT2D eigenvalue weighted by Crippen LogP contribution is -2.31. The van der Waals surface area contributed by atoms with E-state index in [9.17, 15) is 22.8 Å². The molecule has 1 aromatic rings. The molecule has 1 atom stereocenters. The van der Waals surface area contributed by atoms with Crippen LogP contribution < -0.4 is 0 Å². The highest BCUT2D eigenvalue weighted by molar-refractivity contribution is 8.01. The van der Waals surface area contributed by atoms with Gasteiger partial charge in [-0.15, -0.1) is 11.8 Å². The fourth-order valence-corrected chi connectivity index (χ4v) is 2.82. The summed E-state index contributed by atoms with van der Waals surface area (Å²) in [7, 11) is 0. The molecule has 0 aliphatic carbocycles. The van der Waals surface area contributed by atoms with E-state index in [1.165, 1.54) is 18.2 Å². The number of fused-ring (bicyclic) bond motifs is 1. The average Bonchev–Trinajstić information content (AvgIpc) is 2.28. The first-order chi connectivity index (χ1) is 7.91. The minimum Gasteiger partial charge on any atom is -0.293 e. The Labute approximate surface area is 99.2 Å². The molecule has 0 aromatic heterocycles. The van der Waals surface area contributed by atoms with Crippen LogP contribution in [0.3, 0.4) is 0 Å². The third kappa shape index (κ3) is 2.22. The number of alkyl halides is 3. The van der Waals surface area contributed by atoms with Gasteiger partial charge in [-0.3, -0.25) is 9.59 Å².